The first-order valence-electron chi connectivity index (χ1n) is 32.1. The highest BCUT2D eigenvalue weighted by atomic mass is 79.9. The van der Waals surface area contributed by atoms with Crippen LogP contribution < -0.4 is 33.2 Å². The molecule has 4 saturated heterocycles. The van der Waals surface area contributed by atoms with E-state index in [1.165, 1.54) is 34.4 Å². The van der Waals surface area contributed by atoms with E-state index in [1.807, 2.05) is 19.9 Å². The third kappa shape index (κ3) is 33.5. The summed E-state index contributed by atoms with van der Waals surface area (Å²) in [6.45, 7) is 12.7. The molecule has 2 N–H and O–H groups in total. The molecule has 0 saturated carbocycles. The molecule has 7 aromatic rings. The minimum absolute atomic E-state index is 0. The van der Waals surface area contributed by atoms with Gasteiger partial charge in [0.2, 0.25) is 11.4 Å². The lowest BCUT2D eigenvalue weighted by Crippen LogP contribution is -2.20. The molecule has 0 spiro atoms. The molecule has 620 valence electrons. The number of methoxy groups -OCH3 is 2. The standard InChI is InChI=1S/C28H30N4O6.C13H17F3N2O4.C11H13F3N2O4.C8H12N2O3.C5H9BrO.9CH4/c1-4-37-27-16-32(15-18-8-10-36-17-18)31-28(27)23(33)11-19-5-6-20(14-30-19)38-24-7-9-29-22-13-26(35-3)25(34-2)12-21(22)24;1-2-21-12(19)11-10(22-8-13(14,15)16)6-18(17-11)5-9-3-4-20-7-9;12-11(13,14)6-20-8-4-16(15-9(8)10(17)18)3-7-1-2-19-5-7;1-3-12-6-5-9-10-7(6)8(11)13-4-2;6-3-5-1-2-7-4-5;;;;;;;;;/h5-7,9,12-14,16,18H,4,8,10-11,15,17H2,1-3H3;6,9H,2-5,7-8H2,1H3;4,7H,1-3,5-6H2,(H,17,18);5H,3-4H2,1-2H3,(H,9,10);5H,1-4H2;9*1H4. The molecule has 35 heteroatoms. The second kappa shape index (κ2) is 52.3. The Labute approximate surface area is 645 Å². The first kappa shape index (κ1) is 104. The first-order valence-corrected chi connectivity index (χ1v) is 33.2. The average molecular weight is 1630 g/mol. The molecule has 4 aliphatic heterocycles. The third-order valence-corrected chi connectivity index (χ3v) is 15.7. The Balaban J connectivity index is -0.00000137. The smallest absolute Gasteiger partial charge is 0.422 e. The van der Waals surface area contributed by atoms with Crippen LogP contribution in [0.4, 0.5) is 26.3 Å². The SMILES string of the molecule is BrCC1CCOC1.C.C.C.C.C.C.C.C.C.CCOC(=O)c1[nH]ncc1OCC.CCOC(=O)c1nn(CC2CCOC2)cc1OCC(F)(F)F.CCOc1cn(CC2CCOC2)nc1C(=O)Cc1ccc(Oc2ccnc3cc(OC)c(OC)cc23)cn1.O=C(O)c1nn(CC2CCOC2)cc1OCC(F)(F)F. The van der Waals surface area contributed by atoms with Crippen LogP contribution >= 0.6 is 15.9 Å². The Bertz CT molecular complexity index is 3680. The van der Waals surface area contributed by atoms with Gasteiger partial charge in [0, 0.05) is 92.5 Å². The second-order valence-corrected chi connectivity index (χ2v) is 23.2. The van der Waals surface area contributed by atoms with Crippen LogP contribution in [0.15, 0.2) is 67.5 Å². The van der Waals surface area contributed by atoms with Crippen molar-refractivity contribution in [2.24, 2.45) is 23.7 Å². The number of nitrogens with zero attached hydrogens (tertiary/aromatic N) is 9. The fraction of sp³-hybridized carbons (Fsp3) is 0.595. The number of hydrogen-bond donors (Lipinski definition) is 2. The number of nitrogens with one attached hydrogen (secondary N) is 1. The number of rotatable bonds is 27. The van der Waals surface area contributed by atoms with E-state index >= 15 is 0 Å². The van der Waals surface area contributed by atoms with Gasteiger partial charge in [-0.15, -0.1) is 0 Å². The number of ketones is 1. The molecule has 11 rings (SSSR count). The maximum Gasteiger partial charge on any atom is 0.422 e. The number of aromatic carboxylic acids is 1. The summed E-state index contributed by atoms with van der Waals surface area (Å²) in [5, 5.41) is 29.3. The number of alkyl halides is 7. The summed E-state index contributed by atoms with van der Waals surface area (Å²) < 4.78 is 145. The van der Waals surface area contributed by atoms with Crippen LogP contribution in [0.2, 0.25) is 0 Å². The maximum atomic E-state index is 13.1. The van der Waals surface area contributed by atoms with Crippen molar-refractivity contribution in [2.45, 2.75) is 159 Å². The summed E-state index contributed by atoms with van der Waals surface area (Å²) in [5.74, 6) is 1.35. The molecule has 4 unspecified atom stereocenters. The van der Waals surface area contributed by atoms with Gasteiger partial charge in [-0.2, -0.15) is 46.7 Å². The van der Waals surface area contributed by atoms with Crippen LogP contribution in [-0.4, -0.2) is 203 Å². The largest absolute Gasteiger partial charge is 0.493 e. The van der Waals surface area contributed by atoms with Gasteiger partial charge in [0.15, 0.2) is 64.9 Å². The predicted molar refractivity (Wildman–Crippen MR) is 407 cm³/mol. The number of carbonyl (C=O) groups is 4. The van der Waals surface area contributed by atoms with Crippen molar-refractivity contribution in [3.63, 3.8) is 0 Å². The molecule has 0 amide bonds. The van der Waals surface area contributed by atoms with Gasteiger partial charge in [-0.3, -0.25) is 33.9 Å². The maximum absolute atomic E-state index is 13.1. The topological polar surface area (TPSA) is 316 Å². The van der Waals surface area contributed by atoms with Gasteiger partial charge in [0.05, 0.1) is 110 Å². The summed E-state index contributed by atoms with van der Waals surface area (Å²) in [5.41, 5.74) is 1.14. The fourth-order valence-corrected chi connectivity index (χ4v) is 10.5. The number of ether oxygens (including phenoxy) is 13. The third-order valence-electron chi connectivity index (χ3n) is 14.8. The zero-order valence-corrected chi connectivity index (χ0v) is 57.6. The summed E-state index contributed by atoms with van der Waals surface area (Å²) >= 11 is 3.40. The molecule has 1 aromatic carbocycles. The number of carboxylic acids is 1. The average Bonchev–Trinajstić information content (AvgIpc) is 1.73. The molecule has 4 aliphatic rings. The van der Waals surface area contributed by atoms with E-state index in [0.29, 0.717) is 130 Å². The predicted octanol–water partition coefficient (Wildman–Crippen LogP) is 16.2. The van der Waals surface area contributed by atoms with Crippen molar-refractivity contribution in [3.8, 4) is 46.0 Å². The Hall–Kier alpha value is -8.80. The number of Topliss-reactive ketones (excluding diaryl/α,β-unsaturated/α-hetero) is 1. The molecule has 6 aromatic heterocycles. The molecule has 28 nitrogen and oxygen atoms in total. The van der Waals surface area contributed by atoms with Crippen molar-refractivity contribution in [1.82, 2.24) is 49.5 Å². The lowest BCUT2D eigenvalue weighted by molar-refractivity contribution is -0.154. The minimum atomic E-state index is -4.53. The summed E-state index contributed by atoms with van der Waals surface area (Å²) in [6.07, 6.45) is 3.92. The van der Waals surface area contributed by atoms with Gasteiger partial charge < -0.3 is 66.7 Å². The van der Waals surface area contributed by atoms with E-state index in [9.17, 15) is 45.5 Å². The van der Waals surface area contributed by atoms with Gasteiger partial charge >= 0.3 is 30.3 Å². The van der Waals surface area contributed by atoms with Gasteiger partial charge in [-0.25, -0.2) is 14.4 Å². The zero-order chi connectivity index (χ0) is 72.2. The molecule has 10 heterocycles. The van der Waals surface area contributed by atoms with Crippen LogP contribution in [0.25, 0.3) is 10.9 Å². The van der Waals surface area contributed by atoms with E-state index < -0.39 is 49.2 Å². The van der Waals surface area contributed by atoms with E-state index in [1.54, 1.807) is 75.6 Å². The minimum Gasteiger partial charge on any atom is -0.493 e. The molecule has 4 fully saturated rings. The lowest BCUT2D eigenvalue weighted by atomic mass is 10.1. The van der Waals surface area contributed by atoms with Gasteiger partial charge in [-0.1, -0.05) is 82.8 Å². The van der Waals surface area contributed by atoms with Gasteiger partial charge in [-0.05, 0) is 83.6 Å². The van der Waals surface area contributed by atoms with Gasteiger partial charge in [0.1, 0.15) is 11.5 Å². The molecular formula is C74H117BrF6N10O18. The number of carboxylic acid groups (broad SMARTS) is 1. The zero-order valence-electron chi connectivity index (χ0n) is 56.0. The highest BCUT2D eigenvalue weighted by Crippen LogP contribution is 2.37. The van der Waals surface area contributed by atoms with Crippen molar-refractivity contribution in [1.29, 1.82) is 0 Å². The highest BCUT2D eigenvalue weighted by molar-refractivity contribution is 9.09. The van der Waals surface area contributed by atoms with E-state index in [2.05, 4.69) is 60.9 Å². The van der Waals surface area contributed by atoms with E-state index in [4.69, 9.17) is 57.2 Å². The van der Waals surface area contributed by atoms with Crippen molar-refractivity contribution >= 4 is 50.5 Å². The number of H-pyrrole nitrogens is 1. The number of hydrogen-bond acceptors (Lipinski definition) is 23. The molecular weight excluding hydrogens is 1510 g/mol. The van der Waals surface area contributed by atoms with Crippen LogP contribution in [0, 0.1) is 23.7 Å². The summed E-state index contributed by atoms with van der Waals surface area (Å²) in [7, 11) is 3.16. The normalized spacial score (nSPS) is 15.6. The second-order valence-electron chi connectivity index (χ2n) is 22.5. The fourth-order valence-electron chi connectivity index (χ4n) is 10.0. The van der Waals surface area contributed by atoms with Crippen LogP contribution in [0.5, 0.6) is 46.0 Å². The molecule has 109 heavy (non-hydrogen) atoms. The highest BCUT2D eigenvalue weighted by Gasteiger charge is 2.33. The van der Waals surface area contributed by atoms with Gasteiger partial charge in [0.25, 0.3) is 0 Å². The number of pyridine rings is 2. The van der Waals surface area contributed by atoms with Crippen LogP contribution in [0.1, 0.15) is 168 Å². The lowest BCUT2D eigenvalue weighted by Gasteiger charge is -2.12. The van der Waals surface area contributed by atoms with Crippen molar-refractivity contribution in [3.05, 3.63) is 96.0 Å². The van der Waals surface area contributed by atoms with E-state index in [-0.39, 0.29) is 120 Å². The number of fused-ring (bicyclic) bond motifs is 1. The number of carbonyl (C=O) groups excluding carboxylic acids is 3. The molecule has 0 radical (unpaired) electrons. The number of aromatic nitrogens is 10. The Morgan fingerprint density at radius 1 is 0.541 bits per heavy atom. The van der Waals surface area contributed by atoms with Crippen LogP contribution in [-0.2, 0) is 54.5 Å². The van der Waals surface area contributed by atoms with Crippen LogP contribution in [0.3, 0.4) is 0 Å². The number of aromatic amines is 1. The summed E-state index contributed by atoms with van der Waals surface area (Å²) in [6, 6.07) is 8.95. The molecule has 0 bridgehead atoms. The van der Waals surface area contributed by atoms with Crippen molar-refractivity contribution in [2.75, 3.05) is 112 Å². The van der Waals surface area contributed by atoms with E-state index in [0.717, 1.165) is 55.7 Å². The number of halogens is 7. The van der Waals surface area contributed by atoms with Crippen molar-refractivity contribution < 1.29 is 112 Å². The number of benzene rings is 1. The first-order chi connectivity index (χ1) is 48.0. The quantitative estimate of drug-likeness (QED) is 0.0209. The molecule has 4 atom stereocenters. The Kier molecular flexibility index (Phi) is 50.1. The number of esters is 2. The Morgan fingerprint density at radius 2 is 0.991 bits per heavy atom. The monoisotopic (exact) mass is 1630 g/mol. The molecule has 0 aliphatic carbocycles. The summed E-state index contributed by atoms with van der Waals surface area (Å²) in [4.78, 5) is 55.9. The Morgan fingerprint density at radius 3 is 1.41 bits per heavy atom.